The van der Waals surface area contributed by atoms with Crippen molar-refractivity contribution in [3.05, 3.63) is 0 Å². The molecule has 0 amide bonds. The molecule has 0 radical (unpaired) electrons. The zero-order chi connectivity index (χ0) is 9.78. The van der Waals surface area contributed by atoms with Crippen molar-refractivity contribution in [1.82, 2.24) is 0 Å². The van der Waals surface area contributed by atoms with Crippen LogP contribution in [0.15, 0.2) is 0 Å². The van der Waals surface area contributed by atoms with Crippen LogP contribution in [0.5, 0.6) is 0 Å². The Kier molecular flexibility index (Phi) is 4.19. The second kappa shape index (κ2) is 4.42. The van der Waals surface area contributed by atoms with Gasteiger partial charge in [0.05, 0.1) is 12.9 Å². The van der Waals surface area contributed by atoms with Gasteiger partial charge in [-0.15, -0.1) is 0 Å². The Morgan fingerprint density at radius 3 is 2.42 bits per heavy atom. The fraction of sp³-hybridized carbons (Fsp3) is 0.833. The molecule has 1 atom stereocenters. The number of ether oxygens (including phenoxy) is 1. The summed E-state index contributed by atoms with van der Waals surface area (Å²) in [4.78, 5) is 10.7. The third kappa shape index (κ3) is 5.09. The second-order valence-corrected chi connectivity index (χ2v) is 4.81. The molecule has 0 aliphatic carbocycles. The predicted octanol–water partition coefficient (Wildman–Crippen LogP) is -1.08. The molecule has 2 N–H and O–H groups in total. The van der Waals surface area contributed by atoms with E-state index >= 15 is 0 Å². The van der Waals surface area contributed by atoms with Crippen LogP contribution in [-0.2, 0) is 19.4 Å². The number of rotatable bonds is 4. The average Bonchev–Trinajstić information content (AvgIpc) is 1.97. The molecule has 0 aliphatic heterocycles. The van der Waals surface area contributed by atoms with E-state index in [9.17, 15) is 13.2 Å². The third-order valence-corrected chi connectivity index (χ3v) is 2.28. The van der Waals surface area contributed by atoms with Crippen LogP contribution >= 0.6 is 0 Å². The topological polar surface area (TPSA) is 86.5 Å². The Hall–Kier alpha value is -0.620. The van der Waals surface area contributed by atoms with Gasteiger partial charge in [0.2, 0.25) is 0 Å². The third-order valence-electron chi connectivity index (χ3n) is 1.30. The summed E-state index contributed by atoms with van der Waals surface area (Å²) in [5, 5.41) is 0. The van der Waals surface area contributed by atoms with Crippen LogP contribution in [0.2, 0.25) is 0 Å². The van der Waals surface area contributed by atoms with Gasteiger partial charge in [-0.2, -0.15) is 0 Å². The smallest absolute Gasteiger partial charge is 0.322 e. The molecule has 0 saturated heterocycles. The van der Waals surface area contributed by atoms with Gasteiger partial charge in [-0.25, -0.2) is 8.42 Å². The average molecular weight is 195 g/mol. The van der Waals surface area contributed by atoms with Gasteiger partial charge in [-0.05, 0) is 6.42 Å². The molecule has 0 aromatic heterocycles. The number of esters is 1. The monoisotopic (exact) mass is 195 g/mol. The van der Waals surface area contributed by atoms with Gasteiger partial charge in [-0.3, -0.25) is 4.79 Å². The van der Waals surface area contributed by atoms with Crippen molar-refractivity contribution in [2.75, 3.05) is 19.1 Å². The largest absolute Gasteiger partial charge is 0.468 e. The maximum absolute atomic E-state index is 10.7. The Labute approximate surface area is 71.8 Å². The van der Waals surface area contributed by atoms with Crippen LogP contribution < -0.4 is 5.73 Å². The molecule has 6 heteroatoms. The summed E-state index contributed by atoms with van der Waals surface area (Å²) in [7, 11) is -1.84. The lowest BCUT2D eigenvalue weighted by Gasteiger charge is -2.07. The lowest BCUT2D eigenvalue weighted by Crippen LogP contribution is -2.33. The Morgan fingerprint density at radius 1 is 1.58 bits per heavy atom. The first-order valence-corrected chi connectivity index (χ1v) is 5.44. The molecule has 0 heterocycles. The van der Waals surface area contributed by atoms with Gasteiger partial charge in [0.1, 0.15) is 15.9 Å². The number of carbonyl (C=O) groups is 1. The minimum atomic E-state index is -3.05. The molecule has 1 unspecified atom stereocenters. The number of sulfone groups is 1. The van der Waals surface area contributed by atoms with E-state index in [1.54, 1.807) is 0 Å². The van der Waals surface area contributed by atoms with Crippen molar-refractivity contribution in [2.24, 2.45) is 5.73 Å². The van der Waals surface area contributed by atoms with E-state index in [-0.39, 0.29) is 12.2 Å². The molecule has 0 saturated carbocycles. The van der Waals surface area contributed by atoms with Crippen molar-refractivity contribution >= 4 is 15.8 Å². The van der Waals surface area contributed by atoms with Gasteiger partial charge >= 0.3 is 5.97 Å². The number of methoxy groups -OCH3 is 1. The first-order valence-electron chi connectivity index (χ1n) is 3.38. The van der Waals surface area contributed by atoms with E-state index < -0.39 is 21.8 Å². The molecular weight excluding hydrogens is 182 g/mol. The van der Waals surface area contributed by atoms with E-state index in [0.29, 0.717) is 0 Å². The number of carbonyl (C=O) groups excluding carboxylic acids is 1. The summed E-state index contributed by atoms with van der Waals surface area (Å²) >= 11 is 0. The van der Waals surface area contributed by atoms with Crippen LogP contribution in [0.1, 0.15) is 6.42 Å². The number of hydrogen-bond acceptors (Lipinski definition) is 5. The molecule has 0 bridgehead atoms. The normalized spacial score (nSPS) is 13.9. The molecule has 0 aromatic carbocycles. The van der Waals surface area contributed by atoms with Crippen molar-refractivity contribution < 1.29 is 17.9 Å². The predicted molar refractivity (Wildman–Crippen MR) is 44.3 cm³/mol. The summed E-state index contributed by atoms with van der Waals surface area (Å²) in [5.41, 5.74) is 5.30. The minimum absolute atomic E-state index is 0.0940. The summed E-state index contributed by atoms with van der Waals surface area (Å²) in [6.45, 7) is 0. The SMILES string of the molecule is COC(=O)C(N)CCS(C)(=O)=O. The van der Waals surface area contributed by atoms with Gasteiger partial charge in [0.25, 0.3) is 0 Å². The van der Waals surface area contributed by atoms with Crippen molar-refractivity contribution in [3.8, 4) is 0 Å². The summed E-state index contributed by atoms with van der Waals surface area (Å²) in [6, 6.07) is -0.843. The number of nitrogens with two attached hydrogens (primary N) is 1. The Bertz CT molecular complexity index is 246. The molecule has 72 valence electrons. The lowest BCUT2D eigenvalue weighted by atomic mass is 10.2. The van der Waals surface area contributed by atoms with Crippen molar-refractivity contribution in [2.45, 2.75) is 12.5 Å². The summed E-state index contributed by atoms with van der Waals surface area (Å²) in [6.07, 6.45) is 1.20. The first-order chi connectivity index (χ1) is 5.37. The standard InChI is InChI=1S/C6H13NO4S/c1-11-6(8)5(7)3-4-12(2,9)10/h5H,3-4,7H2,1-2H3. The van der Waals surface area contributed by atoms with Crippen LogP contribution in [0, 0.1) is 0 Å². The van der Waals surface area contributed by atoms with Crippen LogP contribution in [0.4, 0.5) is 0 Å². The van der Waals surface area contributed by atoms with E-state index in [0.717, 1.165) is 6.26 Å². The zero-order valence-corrected chi connectivity index (χ0v) is 7.93. The Balaban J connectivity index is 3.88. The highest BCUT2D eigenvalue weighted by atomic mass is 32.2. The zero-order valence-electron chi connectivity index (χ0n) is 7.11. The molecular formula is C6H13NO4S. The quantitative estimate of drug-likeness (QED) is 0.577. The first kappa shape index (κ1) is 11.4. The highest BCUT2D eigenvalue weighted by molar-refractivity contribution is 7.90. The van der Waals surface area contributed by atoms with Gasteiger partial charge in [0.15, 0.2) is 0 Å². The maximum atomic E-state index is 10.7. The number of hydrogen-bond donors (Lipinski definition) is 1. The van der Waals surface area contributed by atoms with Gasteiger partial charge < -0.3 is 10.5 Å². The molecule has 0 rings (SSSR count). The van der Waals surface area contributed by atoms with E-state index in [1.807, 2.05) is 0 Å². The molecule has 0 spiro atoms. The van der Waals surface area contributed by atoms with E-state index in [4.69, 9.17) is 5.73 Å². The molecule has 0 aromatic rings. The minimum Gasteiger partial charge on any atom is -0.468 e. The highest BCUT2D eigenvalue weighted by Gasteiger charge is 2.15. The fourth-order valence-electron chi connectivity index (χ4n) is 0.610. The van der Waals surface area contributed by atoms with Crippen LogP contribution in [-0.4, -0.2) is 39.5 Å². The second-order valence-electron chi connectivity index (χ2n) is 2.55. The van der Waals surface area contributed by atoms with Gasteiger partial charge in [-0.1, -0.05) is 0 Å². The summed E-state index contributed by atoms with van der Waals surface area (Å²) < 4.78 is 25.6. The molecule has 0 aliphatic rings. The van der Waals surface area contributed by atoms with E-state index in [1.165, 1.54) is 7.11 Å². The fourth-order valence-corrected chi connectivity index (χ4v) is 1.29. The highest BCUT2D eigenvalue weighted by Crippen LogP contribution is 1.95. The lowest BCUT2D eigenvalue weighted by molar-refractivity contribution is -0.142. The van der Waals surface area contributed by atoms with Crippen molar-refractivity contribution in [1.29, 1.82) is 0 Å². The molecule has 5 nitrogen and oxygen atoms in total. The van der Waals surface area contributed by atoms with Crippen LogP contribution in [0.3, 0.4) is 0 Å². The van der Waals surface area contributed by atoms with Crippen LogP contribution in [0.25, 0.3) is 0 Å². The maximum Gasteiger partial charge on any atom is 0.322 e. The molecule has 0 fully saturated rings. The van der Waals surface area contributed by atoms with E-state index in [2.05, 4.69) is 4.74 Å². The summed E-state index contributed by atoms with van der Waals surface area (Å²) in [5.74, 6) is -0.679. The Morgan fingerprint density at radius 2 is 2.08 bits per heavy atom. The van der Waals surface area contributed by atoms with Crippen molar-refractivity contribution in [3.63, 3.8) is 0 Å². The van der Waals surface area contributed by atoms with Gasteiger partial charge in [0, 0.05) is 6.26 Å². The molecule has 12 heavy (non-hydrogen) atoms.